The molecule has 3 heteroatoms. The van der Waals surface area contributed by atoms with Crippen molar-refractivity contribution in [2.75, 3.05) is 6.54 Å². The minimum Gasteiger partial charge on any atom is -0.385 e. The summed E-state index contributed by atoms with van der Waals surface area (Å²) < 4.78 is 0. The maximum absolute atomic E-state index is 9.90. The highest BCUT2D eigenvalue weighted by Gasteiger charge is 2.14. The SMILES string of the molecule is C=C/C=C\C(=NC=C)C(O)CNC(C)(C)C. The van der Waals surface area contributed by atoms with Crippen LogP contribution in [0, 0.1) is 0 Å². The predicted molar refractivity (Wildman–Crippen MR) is 70.7 cm³/mol. The molecule has 0 aromatic heterocycles. The first kappa shape index (κ1) is 14.8. The van der Waals surface area contributed by atoms with Crippen LogP contribution in [0.2, 0.25) is 0 Å². The molecule has 1 atom stereocenters. The van der Waals surface area contributed by atoms with Gasteiger partial charge in [-0.05, 0) is 26.8 Å². The topological polar surface area (TPSA) is 44.6 Å². The summed E-state index contributed by atoms with van der Waals surface area (Å²) in [7, 11) is 0. The fraction of sp³-hybridized carbons (Fsp3) is 0.462. The van der Waals surface area contributed by atoms with E-state index in [2.05, 4.69) is 23.5 Å². The quantitative estimate of drug-likeness (QED) is 0.534. The number of nitrogens with zero attached hydrogens (tertiary/aromatic N) is 1. The maximum Gasteiger partial charge on any atom is 0.108 e. The van der Waals surface area contributed by atoms with Crippen LogP contribution in [-0.4, -0.2) is 29.0 Å². The Balaban J connectivity index is 4.45. The molecule has 0 aliphatic carbocycles. The van der Waals surface area contributed by atoms with Crippen LogP contribution in [0.3, 0.4) is 0 Å². The zero-order chi connectivity index (χ0) is 12.6. The number of nitrogens with one attached hydrogen (secondary N) is 1. The summed E-state index contributed by atoms with van der Waals surface area (Å²) >= 11 is 0. The van der Waals surface area contributed by atoms with Gasteiger partial charge in [-0.1, -0.05) is 25.3 Å². The second-order valence-corrected chi connectivity index (χ2v) is 4.48. The molecule has 0 amide bonds. The molecule has 0 heterocycles. The van der Waals surface area contributed by atoms with Crippen molar-refractivity contribution in [3.8, 4) is 0 Å². The van der Waals surface area contributed by atoms with Crippen molar-refractivity contribution in [3.63, 3.8) is 0 Å². The smallest absolute Gasteiger partial charge is 0.108 e. The molecule has 16 heavy (non-hydrogen) atoms. The molecular formula is C13H22N2O. The van der Waals surface area contributed by atoms with Crippen LogP contribution in [-0.2, 0) is 0 Å². The number of aliphatic imine (C=N–C) groups is 1. The molecule has 0 saturated carbocycles. The van der Waals surface area contributed by atoms with Gasteiger partial charge in [0, 0.05) is 18.3 Å². The molecule has 0 aliphatic rings. The van der Waals surface area contributed by atoms with E-state index in [1.165, 1.54) is 6.20 Å². The summed E-state index contributed by atoms with van der Waals surface area (Å²) in [6.45, 7) is 13.7. The molecule has 0 rings (SSSR count). The fourth-order valence-corrected chi connectivity index (χ4v) is 1.02. The minimum absolute atomic E-state index is 0.0254. The lowest BCUT2D eigenvalue weighted by Crippen LogP contribution is -2.43. The lowest BCUT2D eigenvalue weighted by Gasteiger charge is -2.22. The van der Waals surface area contributed by atoms with Crippen molar-refractivity contribution in [2.24, 2.45) is 4.99 Å². The van der Waals surface area contributed by atoms with Gasteiger partial charge < -0.3 is 10.4 Å². The number of allylic oxidation sites excluding steroid dienone is 2. The van der Waals surface area contributed by atoms with Gasteiger partial charge in [-0.15, -0.1) is 0 Å². The Morgan fingerprint density at radius 3 is 2.50 bits per heavy atom. The summed E-state index contributed by atoms with van der Waals surface area (Å²) in [5.74, 6) is 0. The van der Waals surface area contributed by atoms with E-state index in [1.807, 2.05) is 20.8 Å². The van der Waals surface area contributed by atoms with Crippen LogP contribution < -0.4 is 5.32 Å². The van der Waals surface area contributed by atoms with Gasteiger partial charge in [0.15, 0.2) is 0 Å². The van der Waals surface area contributed by atoms with E-state index in [0.717, 1.165) is 0 Å². The Morgan fingerprint density at radius 2 is 2.06 bits per heavy atom. The van der Waals surface area contributed by atoms with Gasteiger partial charge in [0.1, 0.15) is 6.10 Å². The molecule has 1 unspecified atom stereocenters. The number of hydrogen-bond donors (Lipinski definition) is 2. The van der Waals surface area contributed by atoms with Gasteiger partial charge >= 0.3 is 0 Å². The summed E-state index contributed by atoms with van der Waals surface area (Å²) in [6.07, 6.45) is 5.88. The van der Waals surface area contributed by atoms with E-state index in [4.69, 9.17) is 0 Å². The molecule has 90 valence electrons. The van der Waals surface area contributed by atoms with E-state index in [0.29, 0.717) is 12.3 Å². The average Bonchev–Trinajstić information content (AvgIpc) is 2.19. The summed E-state index contributed by atoms with van der Waals surface area (Å²) in [5, 5.41) is 13.1. The minimum atomic E-state index is -0.645. The van der Waals surface area contributed by atoms with Crippen LogP contribution in [0.4, 0.5) is 0 Å². The van der Waals surface area contributed by atoms with Crippen molar-refractivity contribution in [1.29, 1.82) is 0 Å². The number of aliphatic hydroxyl groups excluding tert-OH is 1. The van der Waals surface area contributed by atoms with Crippen LogP contribution in [0.25, 0.3) is 0 Å². The molecule has 3 nitrogen and oxygen atoms in total. The average molecular weight is 222 g/mol. The Labute approximate surface area is 98.3 Å². The summed E-state index contributed by atoms with van der Waals surface area (Å²) in [5.41, 5.74) is 0.550. The van der Waals surface area contributed by atoms with E-state index in [9.17, 15) is 5.11 Å². The Morgan fingerprint density at radius 1 is 1.44 bits per heavy atom. The van der Waals surface area contributed by atoms with Crippen LogP contribution >= 0.6 is 0 Å². The third-order valence-corrected chi connectivity index (χ3v) is 1.81. The van der Waals surface area contributed by atoms with Crippen molar-refractivity contribution in [1.82, 2.24) is 5.32 Å². The normalized spacial score (nSPS) is 15.1. The zero-order valence-electron chi connectivity index (χ0n) is 10.4. The van der Waals surface area contributed by atoms with E-state index in [1.54, 1.807) is 18.2 Å². The zero-order valence-corrected chi connectivity index (χ0v) is 10.4. The van der Waals surface area contributed by atoms with Crippen molar-refractivity contribution < 1.29 is 5.11 Å². The molecule has 0 fully saturated rings. The van der Waals surface area contributed by atoms with Gasteiger partial charge in [0.05, 0.1) is 5.71 Å². The lowest BCUT2D eigenvalue weighted by atomic mass is 10.1. The first-order valence-electron chi connectivity index (χ1n) is 5.31. The van der Waals surface area contributed by atoms with E-state index in [-0.39, 0.29) is 5.54 Å². The molecule has 0 radical (unpaired) electrons. The van der Waals surface area contributed by atoms with Gasteiger partial charge in [-0.25, -0.2) is 0 Å². The summed E-state index contributed by atoms with van der Waals surface area (Å²) in [6, 6.07) is 0. The number of aliphatic hydroxyl groups is 1. The van der Waals surface area contributed by atoms with Crippen molar-refractivity contribution in [3.05, 3.63) is 37.6 Å². The fourth-order valence-electron chi connectivity index (χ4n) is 1.02. The molecule has 0 aromatic rings. The molecule has 0 bridgehead atoms. The Bertz CT molecular complexity index is 285. The molecule has 0 aromatic carbocycles. The molecule has 2 N–H and O–H groups in total. The molecule has 0 saturated heterocycles. The van der Waals surface area contributed by atoms with E-state index >= 15 is 0 Å². The number of β-amino-alcohol motifs (C(OH)–C–C–N with tert-alkyl or cyclic N) is 1. The molecule has 0 aliphatic heterocycles. The largest absolute Gasteiger partial charge is 0.385 e. The first-order chi connectivity index (χ1) is 7.40. The van der Waals surface area contributed by atoms with Crippen LogP contribution in [0.15, 0.2) is 42.6 Å². The van der Waals surface area contributed by atoms with Crippen LogP contribution in [0.1, 0.15) is 20.8 Å². The third kappa shape index (κ3) is 7.15. The first-order valence-corrected chi connectivity index (χ1v) is 5.31. The highest BCUT2D eigenvalue weighted by Crippen LogP contribution is 2.00. The van der Waals surface area contributed by atoms with Crippen molar-refractivity contribution >= 4 is 5.71 Å². The Kier molecular flexibility index (Phi) is 6.61. The standard InChI is InChI=1S/C13H22N2O/c1-6-8-9-11(14-7-2)12(16)10-15-13(3,4)5/h6-9,12,15-16H,1-2,10H2,3-5H3/b9-8-,14-11?. The third-order valence-electron chi connectivity index (χ3n) is 1.81. The van der Waals surface area contributed by atoms with Gasteiger partial charge in [0.2, 0.25) is 0 Å². The van der Waals surface area contributed by atoms with Crippen LogP contribution in [0.5, 0.6) is 0 Å². The van der Waals surface area contributed by atoms with E-state index < -0.39 is 6.10 Å². The second kappa shape index (κ2) is 7.14. The maximum atomic E-state index is 9.90. The highest BCUT2D eigenvalue weighted by molar-refractivity contribution is 5.99. The van der Waals surface area contributed by atoms with Gasteiger partial charge in [-0.2, -0.15) is 0 Å². The van der Waals surface area contributed by atoms with Gasteiger partial charge in [0.25, 0.3) is 0 Å². The highest BCUT2D eigenvalue weighted by atomic mass is 16.3. The Hall–Kier alpha value is -1.19. The second-order valence-electron chi connectivity index (χ2n) is 4.48. The lowest BCUT2D eigenvalue weighted by molar-refractivity contribution is 0.222. The molecule has 0 spiro atoms. The van der Waals surface area contributed by atoms with Gasteiger partial charge in [-0.3, -0.25) is 4.99 Å². The molecular weight excluding hydrogens is 200 g/mol. The number of rotatable bonds is 6. The number of hydrogen-bond acceptors (Lipinski definition) is 3. The summed E-state index contributed by atoms with van der Waals surface area (Å²) in [4.78, 5) is 4.02. The predicted octanol–water partition coefficient (Wildman–Crippen LogP) is 2.06. The van der Waals surface area contributed by atoms with Crippen molar-refractivity contribution in [2.45, 2.75) is 32.4 Å². The monoisotopic (exact) mass is 222 g/mol.